The number of nitrogens with two attached hydrogens (primary N) is 1. The van der Waals surface area contributed by atoms with Gasteiger partial charge in [0.2, 0.25) is 5.79 Å². The van der Waals surface area contributed by atoms with E-state index in [9.17, 15) is 0 Å². The summed E-state index contributed by atoms with van der Waals surface area (Å²) in [4.78, 5) is 9.32. The lowest BCUT2D eigenvalue weighted by Crippen LogP contribution is -2.52. The van der Waals surface area contributed by atoms with Gasteiger partial charge in [0.25, 0.3) is 0 Å². The molecule has 31 heavy (non-hydrogen) atoms. The van der Waals surface area contributed by atoms with Crippen LogP contribution in [-0.2, 0) is 5.79 Å². The Morgan fingerprint density at radius 3 is 3.00 bits per heavy atom. The molecule has 1 aromatic heterocycles. The molecule has 2 aromatic carbocycles. The van der Waals surface area contributed by atoms with E-state index in [0.717, 1.165) is 60.1 Å². The van der Waals surface area contributed by atoms with E-state index in [4.69, 9.17) is 10.7 Å². The first-order valence-electron chi connectivity index (χ1n) is 10.7. The molecule has 5 N–H and O–H groups in total. The first-order chi connectivity index (χ1) is 15.2. The summed E-state index contributed by atoms with van der Waals surface area (Å²) in [7, 11) is 0. The van der Waals surface area contributed by atoms with Gasteiger partial charge in [0.05, 0.1) is 10.2 Å². The summed E-state index contributed by atoms with van der Waals surface area (Å²) in [5.74, 6) is -0.127. The number of hydrogen-bond donors (Lipinski definition) is 4. The van der Waals surface area contributed by atoms with Gasteiger partial charge in [-0.1, -0.05) is 30.3 Å². The molecular formula is C23H27N7S. The molecule has 0 saturated carbocycles. The quantitative estimate of drug-likeness (QED) is 0.429. The Hall–Kier alpha value is -2.78. The SMILES string of the molecule is NC1(c2cccc(-c3nc4ccccc4s3)c2)N=CC=C(NCCCN2CCCN2)N1. The van der Waals surface area contributed by atoms with E-state index in [2.05, 4.69) is 44.3 Å². The van der Waals surface area contributed by atoms with Gasteiger partial charge in [-0.2, -0.15) is 0 Å². The minimum atomic E-state index is -1.01. The van der Waals surface area contributed by atoms with Crippen molar-refractivity contribution in [2.45, 2.75) is 18.6 Å². The monoisotopic (exact) mass is 433 g/mol. The predicted molar refractivity (Wildman–Crippen MR) is 127 cm³/mol. The molecule has 5 rings (SSSR count). The number of rotatable bonds is 7. The van der Waals surface area contributed by atoms with Gasteiger partial charge in [-0.05, 0) is 37.1 Å². The van der Waals surface area contributed by atoms with Crippen molar-refractivity contribution in [3.63, 3.8) is 0 Å². The lowest BCUT2D eigenvalue weighted by atomic mass is 10.0. The van der Waals surface area contributed by atoms with Crippen LogP contribution in [0.4, 0.5) is 0 Å². The van der Waals surface area contributed by atoms with Crippen molar-refractivity contribution < 1.29 is 0 Å². The maximum absolute atomic E-state index is 6.67. The van der Waals surface area contributed by atoms with Crippen LogP contribution in [0.25, 0.3) is 20.8 Å². The molecule has 7 nitrogen and oxygen atoms in total. The summed E-state index contributed by atoms with van der Waals surface area (Å²) < 4.78 is 1.18. The van der Waals surface area contributed by atoms with Crippen LogP contribution < -0.4 is 21.8 Å². The third kappa shape index (κ3) is 4.47. The molecule has 1 atom stereocenters. The normalized spacial score (nSPS) is 21.3. The third-order valence-electron chi connectivity index (χ3n) is 5.55. The number of nitrogens with zero attached hydrogens (tertiary/aromatic N) is 3. The second-order valence-electron chi connectivity index (χ2n) is 7.85. The van der Waals surface area contributed by atoms with E-state index in [-0.39, 0.29) is 0 Å². The molecule has 2 aliphatic rings. The van der Waals surface area contributed by atoms with Crippen LogP contribution in [0.3, 0.4) is 0 Å². The number of hydrogen-bond acceptors (Lipinski definition) is 8. The highest BCUT2D eigenvalue weighted by atomic mass is 32.1. The number of allylic oxidation sites excluding steroid dienone is 1. The first-order valence-corrected chi connectivity index (χ1v) is 11.5. The van der Waals surface area contributed by atoms with Crippen LogP contribution in [0.1, 0.15) is 18.4 Å². The van der Waals surface area contributed by atoms with Gasteiger partial charge in [0.15, 0.2) is 0 Å². The standard InChI is InChI=1S/C23H27N7S/c24-23(26-13-10-21(29-23)25-11-4-14-30-15-5-12-27-30)18-7-3-6-17(16-18)22-28-19-8-1-2-9-20(19)31-22/h1-3,6-10,13,16,25,27,29H,4-5,11-12,14-15,24H2. The summed E-state index contributed by atoms with van der Waals surface area (Å²) in [6.07, 6.45) is 5.97. The average Bonchev–Trinajstić information content (AvgIpc) is 3.47. The average molecular weight is 434 g/mol. The van der Waals surface area contributed by atoms with Crippen LogP contribution in [-0.4, -0.2) is 42.4 Å². The van der Waals surface area contributed by atoms with Gasteiger partial charge in [0, 0.05) is 43.5 Å². The van der Waals surface area contributed by atoms with Crippen molar-refractivity contribution in [1.82, 2.24) is 26.1 Å². The predicted octanol–water partition coefficient (Wildman–Crippen LogP) is 2.74. The summed E-state index contributed by atoms with van der Waals surface area (Å²) in [6, 6.07) is 16.3. The minimum absolute atomic E-state index is 0.868. The molecule has 8 heteroatoms. The van der Waals surface area contributed by atoms with E-state index in [0.29, 0.717) is 0 Å². The second-order valence-corrected chi connectivity index (χ2v) is 8.88. The smallest absolute Gasteiger partial charge is 0.210 e. The van der Waals surface area contributed by atoms with E-state index >= 15 is 0 Å². The van der Waals surface area contributed by atoms with Crippen LogP contribution in [0.15, 0.2) is 65.4 Å². The molecular weight excluding hydrogens is 406 g/mol. The Labute approximate surface area is 186 Å². The van der Waals surface area contributed by atoms with Gasteiger partial charge < -0.3 is 10.6 Å². The number of hydrazine groups is 1. The van der Waals surface area contributed by atoms with E-state index in [1.165, 1.54) is 11.1 Å². The van der Waals surface area contributed by atoms with Crippen molar-refractivity contribution in [3.05, 3.63) is 66.0 Å². The van der Waals surface area contributed by atoms with Crippen LogP contribution in [0.2, 0.25) is 0 Å². The van der Waals surface area contributed by atoms with Crippen molar-refractivity contribution in [2.24, 2.45) is 10.7 Å². The Morgan fingerprint density at radius 1 is 1.19 bits per heavy atom. The topological polar surface area (TPSA) is 90.6 Å². The molecule has 1 unspecified atom stereocenters. The van der Waals surface area contributed by atoms with Crippen molar-refractivity contribution in [1.29, 1.82) is 0 Å². The number of aromatic nitrogens is 1. The molecule has 2 aliphatic heterocycles. The highest BCUT2D eigenvalue weighted by molar-refractivity contribution is 7.21. The summed E-state index contributed by atoms with van der Waals surface area (Å²) in [5, 5.41) is 10.1. The van der Waals surface area contributed by atoms with Gasteiger partial charge >= 0.3 is 0 Å². The molecule has 0 bridgehead atoms. The Balaban J connectivity index is 1.26. The summed E-state index contributed by atoms with van der Waals surface area (Å²) in [6.45, 7) is 4.12. The molecule has 160 valence electrons. The molecule has 1 fully saturated rings. The van der Waals surface area contributed by atoms with Crippen molar-refractivity contribution >= 4 is 27.8 Å². The summed E-state index contributed by atoms with van der Waals surface area (Å²) >= 11 is 1.69. The number of nitrogens with one attached hydrogen (secondary N) is 3. The molecule has 3 aromatic rings. The van der Waals surface area contributed by atoms with Crippen LogP contribution >= 0.6 is 11.3 Å². The van der Waals surface area contributed by atoms with Gasteiger partial charge in [0.1, 0.15) is 10.8 Å². The van der Waals surface area contributed by atoms with Gasteiger partial charge in [-0.3, -0.25) is 11.2 Å². The number of aliphatic imine (C=N–C) groups is 1. The fourth-order valence-electron chi connectivity index (χ4n) is 3.91. The zero-order valence-corrected chi connectivity index (χ0v) is 18.2. The second kappa shape index (κ2) is 8.76. The number of para-hydroxylation sites is 1. The maximum atomic E-state index is 6.67. The van der Waals surface area contributed by atoms with Crippen molar-refractivity contribution in [2.75, 3.05) is 26.2 Å². The van der Waals surface area contributed by atoms with Gasteiger partial charge in [-0.15, -0.1) is 11.3 Å². The lowest BCUT2D eigenvalue weighted by Gasteiger charge is -2.32. The molecule has 1 saturated heterocycles. The molecule has 3 heterocycles. The largest absolute Gasteiger partial charge is 0.372 e. The lowest BCUT2D eigenvalue weighted by molar-refractivity contribution is 0.249. The zero-order chi connectivity index (χ0) is 21.1. The highest BCUT2D eigenvalue weighted by Crippen LogP contribution is 2.32. The number of benzene rings is 2. The zero-order valence-electron chi connectivity index (χ0n) is 17.3. The molecule has 0 aliphatic carbocycles. The van der Waals surface area contributed by atoms with E-state index in [1.807, 2.05) is 36.4 Å². The maximum Gasteiger partial charge on any atom is 0.210 e. The Kier molecular flexibility index (Phi) is 5.69. The van der Waals surface area contributed by atoms with Crippen LogP contribution in [0, 0.1) is 0 Å². The Morgan fingerprint density at radius 2 is 2.13 bits per heavy atom. The minimum Gasteiger partial charge on any atom is -0.372 e. The third-order valence-corrected chi connectivity index (χ3v) is 6.63. The Bertz CT molecular complexity index is 1080. The van der Waals surface area contributed by atoms with E-state index in [1.54, 1.807) is 17.6 Å². The van der Waals surface area contributed by atoms with Gasteiger partial charge in [-0.25, -0.2) is 15.0 Å². The number of thiazole rings is 1. The van der Waals surface area contributed by atoms with E-state index < -0.39 is 5.79 Å². The van der Waals surface area contributed by atoms with Crippen LogP contribution in [0.5, 0.6) is 0 Å². The molecule has 0 spiro atoms. The fourth-order valence-corrected chi connectivity index (χ4v) is 4.88. The van der Waals surface area contributed by atoms with Crippen molar-refractivity contribution in [3.8, 4) is 10.6 Å². The number of fused-ring (bicyclic) bond motifs is 1. The first kappa shape index (κ1) is 20.1. The summed E-state index contributed by atoms with van der Waals surface area (Å²) in [5.41, 5.74) is 13.0. The molecule has 0 radical (unpaired) electrons. The fraction of sp³-hybridized carbons (Fsp3) is 0.304. The molecule has 0 amide bonds. The highest BCUT2D eigenvalue weighted by Gasteiger charge is 2.29.